The van der Waals surface area contributed by atoms with Crippen molar-refractivity contribution in [2.45, 2.75) is 25.5 Å². The van der Waals surface area contributed by atoms with Crippen molar-refractivity contribution in [1.29, 1.82) is 0 Å². The number of hydrogen-bond donors (Lipinski definition) is 0. The zero-order chi connectivity index (χ0) is 17.9. The van der Waals surface area contributed by atoms with E-state index in [1.807, 2.05) is 41.3 Å². The van der Waals surface area contributed by atoms with E-state index in [-0.39, 0.29) is 17.9 Å². The van der Waals surface area contributed by atoms with Crippen molar-refractivity contribution < 1.29 is 13.9 Å². The molecule has 5 nitrogen and oxygen atoms in total. The number of likely N-dealkylation sites (tertiary alicyclic amines) is 2. The fourth-order valence-electron chi connectivity index (χ4n) is 3.69. The zero-order valence-electron chi connectivity index (χ0n) is 14.6. The Bertz CT molecular complexity index is 743. The van der Waals surface area contributed by atoms with Crippen molar-refractivity contribution in [1.82, 2.24) is 9.80 Å². The summed E-state index contributed by atoms with van der Waals surface area (Å²) in [5.74, 6) is 1.96. The predicted molar refractivity (Wildman–Crippen MR) is 99.2 cm³/mol. The summed E-state index contributed by atoms with van der Waals surface area (Å²) in [6, 6.07) is 11.3. The van der Waals surface area contributed by atoms with E-state index in [0.717, 1.165) is 38.2 Å². The lowest BCUT2D eigenvalue weighted by Crippen LogP contribution is -2.59. The second kappa shape index (κ2) is 7.72. The van der Waals surface area contributed by atoms with E-state index in [0.29, 0.717) is 23.9 Å². The van der Waals surface area contributed by atoms with Gasteiger partial charge in [-0.2, -0.15) is 0 Å². The Labute approximate surface area is 158 Å². The summed E-state index contributed by atoms with van der Waals surface area (Å²) in [6.07, 6.45) is 3.73. The van der Waals surface area contributed by atoms with Gasteiger partial charge in [0.25, 0.3) is 0 Å². The van der Waals surface area contributed by atoms with Crippen molar-refractivity contribution in [3.8, 4) is 5.75 Å². The molecule has 1 unspecified atom stereocenters. The molecule has 26 heavy (non-hydrogen) atoms. The number of rotatable bonds is 5. The number of carbonyl (C=O) groups is 1. The lowest BCUT2D eigenvalue weighted by molar-refractivity contribution is -0.146. The highest BCUT2D eigenvalue weighted by molar-refractivity contribution is 6.32. The molecule has 0 radical (unpaired) electrons. The molecule has 1 aromatic heterocycles. The van der Waals surface area contributed by atoms with E-state index >= 15 is 0 Å². The van der Waals surface area contributed by atoms with Gasteiger partial charge in [-0.3, -0.25) is 9.69 Å². The van der Waals surface area contributed by atoms with Crippen LogP contribution < -0.4 is 4.74 Å². The molecule has 0 N–H and O–H groups in total. The molecule has 0 bridgehead atoms. The number of para-hydroxylation sites is 1. The van der Waals surface area contributed by atoms with E-state index in [9.17, 15) is 4.79 Å². The fraction of sp³-hybridized carbons (Fsp3) is 0.450. The van der Waals surface area contributed by atoms with E-state index in [1.54, 1.807) is 6.26 Å². The third kappa shape index (κ3) is 3.89. The lowest BCUT2D eigenvalue weighted by atomic mass is 9.94. The van der Waals surface area contributed by atoms with Gasteiger partial charge in [0.05, 0.1) is 36.8 Å². The second-order valence-electron chi connectivity index (χ2n) is 7.07. The summed E-state index contributed by atoms with van der Waals surface area (Å²) in [7, 11) is 0. The Hall–Kier alpha value is -1.98. The van der Waals surface area contributed by atoms with Gasteiger partial charge in [-0.05, 0) is 43.7 Å². The second-order valence-corrected chi connectivity index (χ2v) is 7.47. The minimum absolute atomic E-state index is 0.0293. The van der Waals surface area contributed by atoms with Crippen LogP contribution in [-0.4, -0.2) is 48.0 Å². The molecule has 138 valence electrons. The third-order valence-corrected chi connectivity index (χ3v) is 5.42. The van der Waals surface area contributed by atoms with E-state index < -0.39 is 0 Å². The van der Waals surface area contributed by atoms with Crippen molar-refractivity contribution >= 4 is 17.5 Å². The van der Waals surface area contributed by atoms with E-state index in [1.165, 1.54) is 0 Å². The Morgan fingerprint density at radius 2 is 2.04 bits per heavy atom. The van der Waals surface area contributed by atoms with Crippen LogP contribution in [-0.2, 0) is 11.3 Å². The average Bonchev–Trinajstić information content (AvgIpc) is 3.12. The Balaban J connectivity index is 1.26. The molecule has 2 fully saturated rings. The van der Waals surface area contributed by atoms with E-state index in [2.05, 4.69) is 4.90 Å². The number of amides is 1. The van der Waals surface area contributed by atoms with Gasteiger partial charge in [-0.25, -0.2) is 0 Å². The van der Waals surface area contributed by atoms with Crippen LogP contribution >= 0.6 is 11.6 Å². The van der Waals surface area contributed by atoms with Gasteiger partial charge >= 0.3 is 0 Å². The van der Waals surface area contributed by atoms with Gasteiger partial charge in [-0.15, -0.1) is 0 Å². The highest BCUT2D eigenvalue weighted by atomic mass is 35.5. The number of nitrogens with zero attached hydrogens (tertiary/aromatic N) is 2. The van der Waals surface area contributed by atoms with Gasteiger partial charge in [0.2, 0.25) is 5.91 Å². The molecule has 2 aliphatic heterocycles. The normalized spacial score (nSPS) is 21.4. The Kier molecular flexibility index (Phi) is 5.18. The first-order chi connectivity index (χ1) is 12.7. The molecular weight excluding hydrogens is 352 g/mol. The lowest BCUT2D eigenvalue weighted by Gasteiger charge is -2.42. The molecular formula is C20H23ClN2O3. The summed E-state index contributed by atoms with van der Waals surface area (Å²) in [4.78, 5) is 17.0. The van der Waals surface area contributed by atoms with Crippen LogP contribution in [0.25, 0.3) is 0 Å². The van der Waals surface area contributed by atoms with Gasteiger partial charge < -0.3 is 14.1 Å². The molecule has 1 amide bonds. The summed E-state index contributed by atoms with van der Waals surface area (Å²) in [5, 5.41) is 0.609. The SMILES string of the molecule is O=C(C1CCCN(Cc2ccco2)C1)N1CC(Oc2ccccc2Cl)C1. The van der Waals surface area contributed by atoms with Crippen molar-refractivity contribution in [3.63, 3.8) is 0 Å². The molecule has 4 rings (SSSR count). The highest BCUT2D eigenvalue weighted by Crippen LogP contribution is 2.28. The maximum Gasteiger partial charge on any atom is 0.227 e. The predicted octanol–water partition coefficient (Wildman–Crippen LogP) is 3.43. The Morgan fingerprint density at radius 3 is 2.81 bits per heavy atom. The molecule has 2 saturated heterocycles. The summed E-state index contributed by atoms with van der Waals surface area (Å²) in [5.41, 5.74) is 0. The quantitative estimate of drug-likeness (QED) is 0.804. The van der Waals surface area contributed by atoms with Crippen molar-refractivity contribution in [2.75, 3.05) is 26.2 Å². The fourth-order valence-corrected chi connectivity index (χ4v) is 3.87. The van der Waals surface area contributed by atoms with Crippen LogP contribution in [0.1, 0.15) is 18.6 Å². The molecule has 0 aliphatic carbocycles. The summed E-state index contributed by atoms with van der Waals surface area (Å²) >= 11 is 6.13. The smallest absolute Gasteiger partial charge is 0.227 e. The number of hydrogen-bond acceptors (Lipinski definition) is 4. The third-order valence-electron chi connectivity index (χ3n) is 5.10. The zero-order valence-corrected chi connectivity index (χ0v) is 15.4. The minimum atomic E-state index is 0.0293. The van der Waals surface area contributed by atoms with Crippen molar-refractivity contribution in [3.05, 3.63) is 53.4 Å². The van der Waals surface area contributed by atoms with Gasteiger partial charge in [0.1, 0.15) is 17.6 Å². The molecule has 1 aromatic carbocycles. The first-order valence-corrected chi connectivity index (χ1v) is 9.51. The number of halogens is 1. The highest BCUT2D eigenvalue weighted by Gasteiger charge is 2.37. The number of piperidine rings is 1. The van der Waals surface area contributed by atoms with Gasteiger partial charge in [0, 0.05) is 6.54 Å². The van der Waals surface area contributed by atoms with Crippen LogP contribution in [0.5, 0.6) is 5.75 Å². The van der Waals surface area contributed by atoms with Crippen LogP contribution in [0.4, 0.5) is 0 Å². The largest absolute Gasteiger partial charge is 0.485 e. The standard InChI is InChI=1S/C20H23ClN2O3/c21-18-7-1-2-8-19(18)26-17-13-23(14-17)20(24)15-5-3-9-22(11-15)12-16-6-4-10-25-16/h1-2,4,6-8,10,15,17H,3,5,9,11-14H2. The monoisotopic (exact) mass is 374 g/mol. The summed E-state index contributed by atoms with van der Waals surface area (Å²) < 4.78 is 11.3. The average molecular weight is 375 g/mol. The van der Waals surface area contributed by atoms with Crippen LogP contribution in [0.2, 0.25) is 5.02 Å². The number of furan rings is 1. The molecule has 0 saturated carbocycles. The molecule has 1 atom stereocenters. The first kappa shape index (κ1) is 17.4. The van der Waals surface area contributed by atoms with Crippen LogP contribution in [0.3, 0.4) is 0 Å². The van der Waals surface area contributed by atoms with E-state index in [4.69, 9.17) is 20.8 Å². The number of ether oxygens (including phenoxy) is 1. The summed E-state index contributed by atoms with van der Waals surface area (Å²) in [6.45, 7) is 3.86. The van der Waals surface area contributed by atoms with Gasteiger partial charge in [0.15, 0.2) is 0 Å². The molecule has 6 heteroatoms. The molecule has 2 aliphatic rings. The topological polar surface area (TPSA) is 45.9 Å². The van der Waals surface area contributed by atoms with Gasteiger partial charge in [-0.1, -0.05) is 23.7 Å². The van der Waals surface area contributed by atoms with Crippen molar-refractivity contribution in [2.24, 2.45) is 5.92 Å². The molecule has 2 aromatic rings. The Morgan fingerprint density at radius 1 is 1.19 bits per heavy atom. The first-order valence-electron chi connectivity index (χ1n) is 9.14. The van der Waals surface area contributed by atoms with Crippen LogP contribution in [0.15, 0.2) is 47.1 Å². The number of carbonyl (C=O) groups excluding carboxylic acids is 1. The molecule has 3 heterocycles. The minimum Gasteiger partial charge on any atom is -0.485 e. The maximum absolute atomic E-state index is 12.8. The number of benzene rings is 1. The van der Waals surface area contributed by atoms with Crippen LogP contribution in [0, 0.1) is 5.92 Å². The molecule has 0 spiro atoms. The maximum atomic E-state index is 12.8.